The Morgan fingerprint density at radius 2 is 2.17 bits per heavy atom. The maximum atomic E-state index is 13.6. The summed E-state index contributed by atoms with van der Waals surface area (Å²) in [5, 5.41) is 9.51. The lowest BCUT2D eigenvalue weighted by molar-refractivity contribution is 0.386. The van der Waals surface area contributed by atoms with E-state index in [9.17, 15) is 4.39 Å². The molecule has 0 radical (unpaired) electrons. The maximum Gasteiger partial charge on any atom is 0.191 e. The molecule has 0 aliphatic heterocycles. The van der Waals surface area contributed by atoms with E-state index in [2.05, 4.69) is 26.0 Å². The third-order valence-corrected chi connectivity index (χ3v) is 4.06. The summed E-state index contributed by atoms with van der Waals surface area (Å²) < 4.78 is 18.6. The number of halogens is 2. The van der Waals surface area contributed by atoms with E-state index in [1.54, 1.807) is 24.5 Å². The molecule has 0 saturated carbocycles. The number of aryl methyl sites for hydroxylation is 1. The van der Waals surface area contributed by atoms with Gasteiger partial charge in [-0.25, -0.2) is 9.37 Å². The van der Waals surface area contributed by atoms with Gasteiger partial charge in [0.1, 0.15) is 0 Å². The van der Waals surface area contributed by atoms with Gasteiger partial charge in [0.15, 0.2) is 17.5 Å². The molecule has 0 spiro atoms. The lowest BCUT2D eigenvalue weighted by Crippen LogP contribution is -2.37. The van der Waals surface area contributed by atoms with Gasteiger partial charge in [-0.05, 0) is 24.6 Å². The average molecular weight is 464 g/mol. The van der Waals surface area contributed by atoms with Gasteiger partial charge in [-0.2, -0.15) is 0 Å². The van der Waals surface area contributed by atoms with Crippen molar-refractivity contribution in [2.75, 3.05) is 20.7 Å². The molecule has 8 heteroatoms. The molecular weight excluding hydrogens is 442 g/mol. The van der Waals surface area contributed by atoms with Gasteiger partial charge >= 0.3 is 0 Å². The second-order valence-electron chi connectivity index (χ2n) is 4.93. The van der Waals surface area contributed by atoms with E-state index in [1.165, 1.54) is 13.2 Å². The molecule has 2 N–H and O–H groups in total. The number of benzene rings is 1. The normalized spacial score (nSPS) is 10.9. The summed E-state index contributed by atoms with van der Waals surface area (Å²) in [4.78, 5) is 8.57. The van der Waals surface area contributed by atoms with E-state index in [0.717, 1.165) is 29.2 Å². The summed E-state index contributed by atoms with van der Waals surface area (Å²) >= 11 is 1.65. The monoisotopic (exact) mass is 464 g/mol. The number of thiazole rings is 1. The van der Waals surface area contributed by atoms with Crippen LogP contribution in [0.15, 0.2) is 28.6 Å². The Kier molecular flexibility index (Phi) is 8.98. The first-order chi connectivity index (χ1) is 11.1. The fraction of sp³-hybridized carbons (Fsp3) is 0.375. The fourth-order valence-electron chi connectivity index (χ4n) is 2.06. The Labute approximate surface area is 162 Å². The number of nitrogens with zero attached hydrogens (tertiary/aromatic N) is 2. The van der Waals surface area contributed by atoms with Crippen LogP contribution in [0.1, 0.15) is 16.3 Å². The van der Waals surface area contributed by atoms with Crippen LogP contribution in [0.2, 0.25) is 0 Å². The molecule has 0 bridgehead atoms. The molecule has 132 valence electrons. The van der Waals surface area contributed by atoms with Gasteiger partial charge < -0.3 is 15.4 Å². The van der Waals surface area contributed by atoms with Crippen LogP contribution in [0.5, 0.6) is 5.75 Å². The number of hydrogen-bond donors (Lipinski definition) is 2. The van der Waals surface area contributed by atoms with Crippen LogP contribution in [-0.4, -0.2) is 31.6 Å². The number of rotatable bonds is 6. The standard InChI is InChI=1S/C16H21FN4OS.HI/c1-11-21-13(10-23-11)6-7-19-16(18-2)20-9-12-4-5-15(22-3)14(17)8-12;/h4-5,8,10H,6-7,9H2,1-3H3,(H2,18,19,20);1H. The van der Waals surface area contributed by atoms with Gasteiger partial charge in [-0.1, -0.05) is 6.07 Å². The molecule has 0 unspecified atom stereocenters. The highest BCUT2D eigenvalue weighted by atomic mass is 127. The fourth-order valence-corrected chi connectivity index (χ4v) is 2.71. The van der Waals surface area contributed by atoms with Crippen molar-refractivity contribution in [3.05, 3.63) is 45.7 Å². The zero-order valence-electron chi connectivity index (χ0n) is 13.9. The molecule has 0 fully saturated rings. The quantitative estimate of drug-likeness (QED) is 0.392. The van der Waals surface area contributed by atoms with Gasteiger partial charge in [0, 0.05) is 31.9 Å². The van der Waals surface area contributed by atoms with E-state index in [-0.39, 0.29) is 35.5 Å². The van der Waals surface area contributed by atoms with Crippen molar-refractivity contribution in [2.24, 2.45) is 4.99 Å². The zero-order chi connectivity index (χ0) is 16.7. The number of aromatic nitrogens is 1. The van der Waals surface area contributed by atoms with E-state index >= 15 is 0 Å². The molecular formula is C16H22FIN4OS. The van der Waals surface area contributed by atoms with Crippen molar-refractivity contribution in [2.45, 2.75) is 19.9 Å². The molecule has 1 aromatic carbocycles. The van der Waals surface area contributed by atoms with E-state index in [1.807, 2.05) is 13.0 Å². The van der Waals surface area contributed by atoms with Crippen molar-refractivity contribution < 1.29 is 9.13 Å². The Bertz CT molecular complexity index is 678. The molecule has 1 heterocycles. The molecule has 24 heavy (non-hydrogen) atoms. The molecule has 0 saturated heterocycles. The van der Waals surface area contributed by atoms with Crippen molar-refractivity contribution in [3.8, 4) is 5.75 Å². The highest BCUT2D eigenvalue weighted by Crippen LogP contribution is 2.17. The summed E-state index contributed by atoms with van der Waals surface area (Å²) in [5.41, 5.74) is 1.90. The van der Waals surface area contributed by atoms with Crippen LogP contribution in [-0.2, 0) is 13.0 Å². The number of aliphatic imine (C=N–C) groups is 1. The van der Waals surface area contributed by atoms with E-state index < -0.39 is 0 Å². The van der Waals surface area contributed by atoms with Gasteiger partial charge in [-0.3, -0.25) is 4.99 Å². The number of guanidine groups is 1. The van der Waals surface area contributed by atoms with Crippen molar-refractivity contribution in [1.82, 2.24) is 15.6 Å². The minimum atomic E-state index is -0.367. The molecule has 0 atom stereocenters. The summed E-state index contributed by atoms with van der Waals surface area (Å²) in [7, 11) is 3.16. The van der Waals surface area contributed by atoms with Crippen molar-refractivity contribution in [1.29, 1.82) is 0 Å². The summed E-state index contributed by atoms with van der Waals surface area (Å²) in [6.45, 7) is 3.21. The van der Waals surface area contributed by atoms with E-state index in [4.69, 9.17) is 4.74 Å². The van der Waals surface area contributed by atoms with Crippen LogP contribution in [0.4, 0.5) is 4.39 Å². The Hall–Kier alpha value is -1.42. The van der Waals surface area contributed by atoms with Crippen molar-refractivity contribution in [3.63, 3.8) is 0 Å². The average Bonchev–Trinajstić information content (AvgIpc) is 2.96. The Morgan fingerprint density at radius 1 is 1.38 bits per heavy atom. The third kappa shape index (κ3) is 6.23. The maximum absolute atomic E-state index is 13.6. The first-order valence-electron chi connectivity index (χ1n) is 7.30. The van der Waals surface area contributed by atoms with Crippen LogP contribution in [0.25, 0.3) is 0 Å². The molecule has 0 aliphatic rings. The predicted octanol–water partition coefficient (Wildman–Crippen LogP) is 3.12. The number of methoxy groups -OCH3 is 1. The zero-order valence-corrected chi connectivity index (χ0v) is 17.1. The molecule has 5 nitrogen and oxygen atoms in total. The van der Waals surface area contributed by atoms with Gasteiger partial charge in [0.25, 0.3) is 0 Å². The van der Waals surface area contributed by atoms with Crippen LogP contribution in [0, 0.1) is 12.7 Å². The van der Waals surface area contributed by atoms with Gasteiger partial charge in [-0.15, -0.1) is 35.3 Å². The minimum absolute atomic E-state index is 0. The lowest BCUT2D eigenvalue weighted by Gasteiger charge is -2.12. The largest absolute Gasteiger partial charge is 0.494 e. The Balaban J connectivity index is 0.00000288. The summed E-state index contributed by atoms with van der Waals surface area (Å²) in [6, 6.07) is 4.89. The smallest absolute Gasteiger partial charge is 0.191 e. The summed E-state index contributed by atoms with van der Waals surface area (Å²) in [5.74, 6) is 0.552. The van der Waals surface area contributed by atoms with Gasteiger partial charge in [0.05, 0.1) is 17.8 Å². The van der Waals surface area contributed by atoms with Crippen LogP contribution < -0.4 is 15.4 Å². The number of hydrogen-bond acceptors (Lipinski definition) is 4. The molecule has 0 amide bonds. The Morgan fingerprint density at radius 3 is 2.75 bits per heavy atom. The first kappa shape index (κ1) is 20.6. The number of nitrogens with one attached hydrogen (secondary N) is 2. The molecule has 1 aromatic heterocycles. The first-order valence-corrected chi connectivity index (χ1v) is 8.18. The lowest BCUT2D eigenvalue weighted by atomic mass is 10.2. The molecule has 0 aliphatic carbocycles. The minimum Gasteiger partial charge on any atom is -0.494 e. The molecule has 2 rings (SSSR count). The van der Waals surface area contributed by atoms with E-state index in [0.29, 0.717) is 12.5 Å². The number of ether oxygens (including phenoxy) is 1. The predicted molar refractivity (Wildman–Crippen MR) is 107 cm³/mol. The molecule has 2 aromatic rings. The highest BCUT2D eigenvalue weighted by Gasteiger charge is 2.05. The third-order valence-electron chi connectivity index (χ3n) is 3.24. The topological polar surface area (TPSA) is 58.5 Å². The van der Waals surface area contributed by atoms with Crippen LogP contribution in [0.3, 0.4) is 0 Å². The van der Waals surface area contributed by atoms with Crippen molar-refractivity contribution >= 4 is 41.3 Å². The SMILES string of the molecule is CN=C(NCCc1csc(C)n1)NCc1ccc(OC)c(F)c1.I. The second kappa shape index (κ2) is 10.4. The highest BCUT2D eigenvalue weighted by molar-refractivity contribution is 14.0. The summed E-state index contributed by atoms with van der Waals surface area (Å²) in [6.07, 6.45) is 0.836. The second-order valence-corrected chi connectivity index (χ2v) is 5.99. The van der Waals surface area contributed by atoms with Crippen LogP contribution >= 0.6 is 35.3 Å². The van der Waals surface area contributed by atoms with Gasteiger partial charge in [0.2, 0.25) is 0 Å².